The summed E-state index contributed by atoms with van der Waals surface area (Å²) in [4.78, 5) is 23.6. The molecule has 2 amide bonds. The van der Waals surface area contributed by atoms with Gasteiger partial charge in [-0.1, -0.05) is 27.5 Å². The first kappa shape index (κ1) is 15.5. The number of nitrogens with one attached hydrogen (secondary N) is 2. The lowest BCUT2D eigenvalue weighted by atomic mass is 10.2. The molecule has 0 aliphatic carbocycles. The smallest absolute Gasteiger partial charge is 0.267 e. The fraction of sp³-hybridized carbons (Fsp3) is 0. The van der Waals surface area contributed by atoms with E-state index in [2.05, 4.69) is 26.8 Å². The fourth-order valence-electron chi connectivity index (χ4n) is 1.53. The molecular formula is C14H9BrClFN2O2. The van der Waals surface area contributed by atoms with E-state index in [1.165, 1.54) is 6.07 Å². The van der Waals surface area contributed by atoms with E-state index in [1.54, 1.807) is 24.3 Å². The highest BCUT2D eigenvalue weighted by Crippen LogP contribution is 2.16. The van der Waals surface area contributed by atoms with Crippen molar-refractivity contribution in [1.29, 1.82) is 0 Å². The third kappa shape index (κ3) is 4.03. The third-order valence-corrected chi connectivity index (χ3v) is 3.41. The Balaban J connectivity index is 2.00. The van der Waals surface area contributed by atoms with Gasteiger partial charge in [0.25, 0.3) is 11.8 Å². The summed E-state index contributed by atoms with van der Waals surface area (Å²) in [6, 6.07) is 9.96. The SMILES string of the molecule is O=C(NNC(=O)c1ccc(F)cc1Cl)c1ccc(Br)cc1. The molecular weight excluding hydrogens is 363 g/mol. The van der Waals surface area contributed by atoms with Gasteiger partial charge in [-0.25, -0.2) is 4.39 Å². The third-order valence-electron chi connectivity index (χ3n) is 2.57. The van der Waals surface area contributed by atoms with Gasteiger partial charge in [0.05, 0.1) is 10.6 Å². The normalized spacial score (nSPS) is 10.0. The largest absolute Gasteiger partial charge is 0.271 e. The zero-order valence-corrected chi connectivity index (χ0v) is 12.8. The molecule has 108 valence electrons. The van der Waals surface area contributed by atoms with Gasteiger partial charge >= 0.3 is 0 Å². The van der Waals surface area contributed by atoms with Crippen LogP contribution in [0.5, 0.6) is 0 Å². The lowest BCUT2D eigenvalue weighted by molar-refractivity contribution is 0.0846. The number of rotatable bonds is 2. The van der Waals surface area contributed by atoms with Crippen molar-refractivity contribution in [3.8, 4) is 0 Å². The van der Waals surface area contributed by atoms with Crippen LogP contribution >= 0.6 is 27.5 Å². The molecule has 0 bridgehead atoms. The summed E-state index contributed by atoms with van der Waals surface area (Å²) < 4.78 is 13.7. The Kier molecular flexibility index (Phi) is 4.93. The number of hydrogen-bond acceptors (Lipinski definition) is 2. The van der Waals surface area contributed by atoms with E-state index in [4.69, 9.17) is 11.6 Å². The van der Waals surface area contributed by atoms with Crippen LogP contribution in [0.25, 0.3) is 0 Å². The molecule has 0 saturated heterocycles. The summed E-state index contributed by atoms with van der Waals surface area (Å²) in [6.07, 6.45) is 0. The Bertz CT molecular complexity index is 692. The van der Waals surface area contributed by atoms with E-state index >= 15 is 0 Å². The molecule has 0 radical (unpaired) electrons. The van der Waals surface area contributed by atoms with Crippen LogP contribution < -0.4 is 10.9 Å². The van der Waals surface area contributed by atoms with Crippen molar-refractivity contribution in [3.05, 3.63) is 68.9 Å². The first-order valence-corrected chi connectivity index (χ1v) is 6.96. The van der Waals surface area contributed by atoms with Gasteiger partial charge in [0, 0.05) is 10.0 Å². The first-order chi connectivity index (χ1) is 9.97. The topological polar surface area (TPSA) is 58.2 Å². The van der Waals surface area contributed by atoms with Gasteiger partial charge in [-0.2, -0.15) is 0 Å². The second kappa shape index (κ2) is 6.69. The molecule has 0 spiro atoms. The van der Waals surface area contributed by atoms with Crippen LogP contribution in [0.2, 0.25) is 5.02 Å². The summed E-state index contributed by atoms with van der Waals surface area (Å²) >= 11 is 9.01. The fourth-order valence-corrected chi connectivity index (χ4v) is 2.05. The molecule has 21 heavy (non-hydrogen) atoms. The van der Waals surface area contributed by atoms with Crippen molar-refractivity contribution < 1.29 is 14.0 Å². The van der Waals surface area contributed by atoms with Crippen molar-refractivity contribution >= 4 is 39.3 Å². The highest BCUT2D eigenvalue weighted by molar-refractivity contribution is 9.10. The minimum Gasteiger partial charge on any atom is -0.267 e. The maximum absolute atomic E-state index is 12.9. The average Bonchev–Trinajstić information content (AvgIpc) is 2.45. The van der Waals surface area contributed by atoms with Crippen LogP contribution in [0, 0.1) is 5.82 Å². The summed E-state index contributed by atoms with van der Waals surface area (Å²) in [5.74, 6) is -1.66. The summed E-state index contributed by atoms with van der Waals surface area (Å²) in [5, 5.41) is -0.0367. The van der Waals surface area contributed by atoms with E-state index in [1.807, 2.05) is 0 Å². The van der Waals surface area contributed by atoms with Crippen LogP contribution in [-0.4, -0.2) is 11.8 Å². The molecule has 7 heteroatoms. The summed E-state index contributed by atoms with van der Waals surface area (Å²) in [5.41, 5.74) is 4.91. The Morgan fingerprint density at radius 3 is 2.24 bits per heavy atom. The van der Waals surface area contributed by atoms with Gasteiger partial charge in [-0.3, -0.25) is 20.4 Å². The second-order valence-corrected chi connectivity index (χ2v) is 5.36. The maximum Gasteiger partial charge on any atom is 0.271 e. The predicted octanol–water partition coefficient (Wildman–Crippen LogP) is 3.32. The summed E-state index contributed by atoms with van der Waals surface area (Å²) in [7, 11) is 0. The van der Waals surface area contributed by atoms with Gasteiger partial charge in [0.1, 0.15) is 5.82 Å². The van der Waals surface area contributed by atoms with Crippen molar-refractivity contribution in [2.75, 3.05) is 0 Å². The van der Waals surface area contributed by atoms with Crippen LogP contribution in [-0.2, 0) is 0 Å². The van der Waals surface area contributed by atoms with Crippen molar-refractivity contribution in [2.45, 2.75) is 0 Å². The Morgan fingerprint density at radius 2 is 1.62 bits per heavy atom. The minimum atomic E-state index is -0.634. The lowest BCUT2D eigenvalue weighted by Gasteiger charge is -2.08. The van der Waals surface area contributed by atoms with Gasteiger partial charge in [0.15, 0.2) is 0 Å². The van der Waals surface area contributed by atoms with E-state index < -0.39 is 17.6 Å². The van der Waals surface area contributed by atoms with Crippen LogP contribution in [0.1, 0.15) is 20.7 Å². The molecule has 2 N–H and O–H groups in total. The first-order valence-electron chi connectivity index (χ1n) is 5.78. The quantitative estimate of drug-likeness (QED) is 0.796. The van der Waals surface area contributed by atoms with Gasteiger partial charge in [-0.15, -0.1) is 0 Å². The summed E-state index contributed by atoms with van der Waals surface area (Å²) in [6.45, 7) is 0. The van der Waals surface area contributed by atoms with Crippen LogP contribution in [0.15, 0.2) is 46.9 Å². The van der Waals surface area contributed by atoms with E-state index in [9.17, 15) is 14.0 Å². The van der Waals surface area contributed by atoms with Crippen molar-refractivity contribution in [1.82, 2.24) is 10.9 Å². The molecule has 2 aromatic rings. The number of amides is 2. The van der Waals surface area contributed by atoms with E-state index in [0.717, 1.165) is 16.6 Å². The Hall–Kier alpha value is -1.92. The van der Waals surface area contributed by atoms with Gasteiger partial charge in [-0.05, 0) is 42.5 Å². The number of carbonyl (C=O) groups excluding carboxylic acids is 2. The van der Waals surface area contributed by atoms with Crippen LogP contribution in [0.3, 0.4) is 0 Å². The highest BCUT2D eigenvalue weighted by Gasteiger charge is 2.12. The van der Waals surface area contributed by atoms with E-state index in [-0.39, 0.29) is 10.6 Å². The average molecular weight is 372 g/mol. The molecule has 4 nitrogen and oxygen atoms in total. The number of halogens is 3. The Morgan fingerprint density at radius 1 is 1.00 bits per heavy atom. The lowest BCUT2D eigenvalue weighted by Crippen LogP contribution is -2.41. The zero-order chi connectivity index (χ0) is 15.4. The number of hydrogen-bond donors (Lipinski definition) is 2. The monoisotopic (exact) mass is 370 g/mol. The molecule has 0 atom stereocenters. The number of carbonyl (C=O) groups is 2. The minimum absolute atomic E-state index is 0.0367. The van der Waals surface area contributed by atoms with E-state index in [0.29, 0.717) is 5.56 Å². The van der Waals surface area contributed by atoms with Crippen LogP contribution in [0.4, 0.5) is 4.39 Å². The molecule has 0 heterocycles. The van der Waals surface area contributed by atoms with Gasteiger partial charge < -0.3 is 0 Å². The second-order valence-electron chi connectivity index (χ2n) is 4.04. The Labute approximate surface area is 133 Å². The van der Waals surface area contributed by atoms with Crippen molar-refractivity contribution in [3.63, 3.8) is 0 Å². The zero-order valence-electron chi connectivity index (χ0n) is 10.5. The molecule has 0 aliphatic heterocycles. The predicted molar refractivity (Wildman–Crippen MR) is 80.5 cm³/mol. The molecule has 0 fully saturated rings. The molecule has 2 rings (SSSR count). The van der Waals surface area contributed by atoms with Gasteiger partial charge in [0.2, 0.25) is 0 Å². The molecule has 0 saturated carbocycles. The van der Waals surface area contributed by atoms with Crippen molar-refractivity contribution in [2.24, 2.45) is 0 Å². The number of hydrazine groups is 1. The number of benzene rings is 2. The maximum atomic E-state index is 12.9. The molecule has 0 aromatic heterocycles. The standard InChI is InChI=1S/C14H9BrClFN2O2/c15-9-3-1-8(2-4-9)13(20)18-19-14(21)11-6-5-10(17)7-12(11)16/h1-7H,(H,18,20)(H,19,21). The molecule has 0 aliphatic rings. The molecule has 2 aromatic carbocycles. The molecule has 0 unspecified atom stereocenters. The highest BCUT2D eigenvalue weighted by atomic mass is 79.9.